The Hall–Kier alpha value is -1.85. The predicted molar refractivity (Wildman–Crippen MR) is 93.6 cm³/mol. The minimum atomic E-state index is -0.360. The van der Waals surface area contributed by atoms with E-state index >= 15 is 0 Å². The third-order valence-corrected chi connectivity index (χ3v) is 4.90. The Balaban J connectivity index is 1.97. The van der Waals surface area contributed by atoms with Gasteiger partial charge in [0.05, 0.1) is 5.69 Å². The lowest BCUT2D eigenvalue weighted by Gasteiger charge is -2.39. The summed E-state index contributed by atoms with van der Waals surface area (Å²) in [5.74, 6) is 0.569. The summed E-state index contributed by atoms with van der Waals surface area (Å²) in [5.41, 5.74) is 3.23. The predicted octanol–water partition coefficient (Wildman–Crippen LogP) is 1.68. The molecule has 0 radical (unpaired) electrons. The van der Waals surface area contributed by atoms with Gasteiger partial charge < -0.3 is 9.80 Å². The first-order valence-corrected chi connectivity index (χ1v) is 8.79. The standard InChI is InChI=1S/C18H30N4O2/c1-12(2)11-21-9-10-22(15(5)18(21)24)17(23)8-7-16-13(3)19-20(6)14(16)4/h12,15H,7-11H2,1-6H3. The second kappa shape index (κ2) is 7.36. The van der Waals surface area contributed by atoms with Crippen LogP contribution in [0, 0.1) is 19.8 Å². The van der Waals surface area contributed by atoms with Crippen LogP contribution in [0.4, 0.5) is 0 Å². The number of aryl methyl sites for hydroxylation is 2. The Morgan fingerprint density at radius 3 is 2.50 bits per heavy atom. The van der Waals surface area contributed by atoms with E-state index in [1.54, 1.807) is 4.90 Å². The van der Waals surface area contributed by atoms with Crippen LogP contribution in [0.25, 0.3) is 0 Å². The molecule has 0 N–H and O–H groups in total. The number of rotatable bonds is 5. The maximum absolute atomic E-state index is 12.6. The number of nitrogens with zero attached hydrogens (tertiary/aromatic N) is 4. The van der Waals surface area contributed by atoms with Gasteiger partial charge in [0.2, 0.25) is 11.8 Å². The average Bonchev–Trinajstić information content (AvgIpc) is 2.74. The van der Waals surface area contributed by atoms with Crippen molar-refractivity contribution in [1.29, 1.82) is 0 Å². The van der Waals surface area contributed by atoms with Gasteiger partial charge in [-0.05, 0) is 38.7 Å². The third-order valence-electron chi connectivity index (χ3n) is 4.90. The molecule has 1 atom stereocenters. The van der Waals surface area contributed by atoms with Gasteiger partial charge in [-0.2, -0.15) is 5.10 Å². The van der Waals surface area contributed by atoms with E-state index in [1.165, 1.54) is 0 Å². The molecule has 2 heterocycles. The molecule has 0 spiro atoms. The highest BCUT2D eigenvalue weighted by Gasteiger charge is 2.34. The monoisotopic (exact) mass is 334 g/mol. The molecule has 1 fully saturated rings. The van der Waals surface area contributed by atoms with Crippen LogP contribution in [-0.4, -0.2) is 57.1 Å². The number of carbonyl (C=O) groups is 2. The summed E-state index contributed by atoms with van der Waals surface area (Å²) in [4.78, 5) is 28.7. The van der Waals surface area contributed by atoms with E-state index in [0.717, 1.165) is 23.5 Å². The number of hydrogen-bond donors (Lipinski definition) is 0. The molecule has 134 valence electrons. The molecule has 1 aromatic rings. The number of piperazine rings is 1. The normalized spacial score (nSPS) is 18.6. The third kappa shape index (κ3) is 3.79. The summed E-state index contributed by atoms with van der Waals surface area (Å²) >= 11 is 0. The highest BCUT2D eigenvalue weighted by atomic mass is 16.2. The summed E-state index contributed by atoms with van der Waals surface area (Å²) in [6.45, 7) is 12.1. The Labute approximate surface area is 144 Å². The van der Waals surface area contributed by atoms with E-state index in [4.69, 9.17) is 0 Å². The molecule has 2 amide bonds. The first kappa shape index (κ1) is 18.5. The highest BCUT2D eigenvalue weighted by molar-refractivity contribution is 5.88. The molecule has 1 aromatic heterocycles. The van der Waals surface area contributed by atoms with Crippen molar-refractivity contribution < 1.29 is 9.59 Å². The first-order chi connectivity index (χ1) is 11.2. The van der Waals surface area contributed by atoms with Crippen molar-refractivity contribution in [2.75, 3.05) is 19.6 Å². The largest absolute Gasteiger partial charge is 0.339 e. The van der Waals surface area contributed by atoms with Crippen molar-refractivity contribution >= 4 is 11.8 Å². The summed E-state index contributed by atoms with van der Waals surface area (Å²) in [7, 11) is 1.92. The fraction of sp³-hybridized carbons (Fsp3) is 0.722. The molecule has 1 aliphatic heterocycles. The van der Waals surface area contributed by atoms with Gasteiger partial charge in [-0.15, -0.1) is 0 Å². The number of amides is 2. The highest BCUT2D eigenvalue weighted by Crippen LogP contribution is 2.18. The van der Waals surface area contributed by atoms with Crippen LogP contribution in [0.3, 0.4) is 0 Å². The Morgan fingerprint density at radius 1 is 1.29 bits per heavy atom. The molecule has 0 saturated carbocycles. The number of aromatic nitrogens is 2. The van der Waals surface area contributed by atoms with Crippen LogP contribution in [0.1, 0.15) is 44.1 Å². The first-order valence-electron chi connectivity index (χ1n) is 8.79. The zero-order valence-corrected chi connectivity index (χ0v) is 15.8. The second-order valence-corrected chi connectivity index (χ2v) is 7.21. The van der Waals surface area contributed by atoms with Gasteiger partial charge in [0.25, 0.3) is 0 Å². The Kier molecular flexibility index (Phi) is 5.67. The minimum Gasteiger partial charge on any atom is -0.339 e. The minimum absolute atomic E-state index is 0.0581. The van der Waals surface area contributed by atoms with Crippen molar-refractivity contribution in [3.05, 3.63) is 17.0 Å². The van der Waals surface area contributed by atoms with Gasteiger partial charge in [0, 0.05) is 38.8 Å². The second-order valence-electron chi connectivity index (χ2n) is 7.21. The fourth-order valence-electron chi connectivity index (χ4n) is 3.45. The Morgan fingerprint density at radius 2 is 1.96 bits per heavy atom. The molecular weight excluding hydrogens is 304 g/mol. The fourth-order valence-corrected chi connectivity index (χ4v) is 3.45. The summed E-state index contributed by atoms with van der Waals surface area (Å²) in [6.07, 6.45) is 1.10. The van der Waals surface area contributed by atoms with Crippen molar-refractivity contribution in [2.24, 2.45) is 13.0 Å². The molecule has 0 aromatic carbocycles. The molecule has 6 heteroatoms. The van der Waals surface area contributed by atoms with Crippen LogP contribution >= 0.6 is 0 Å². The van der Waals surface area contributed by atoms with Crippen LogP contribution < -0.4 is 0 Å². The lowest BCUT2D eigenvalue weighted by Crippen LogP contribution is -2.58. The van der Waals surface area contributed by atoms with Gasteiger partial charge >= 0.3 is 0 Å². The maximum Gasteiger partial charge on any atom is 0.245 e. The van der Waals surface area contributed by atoms with Gasteiger partial charge in [-0.1, -0.05) is 13.8 Å². The lowest BCUT2D eigenvalue weighted by molar-refractivity contribution is -0.151. The zero-order valence-electron chi connectivity index (χ0n) is 15.8. The van der Waals surface area contributed by atoms with Crippen LogP contribution in [0.5, 0.6) is 0 Å². The molecule has 1 aliphatic rings. The SMILES string of the molecule is Cc1nn(C)c(C)c1CCC(=O)N1CCN(CC(C)C)C(=O)C1C. The topological polar surface area (TPSA) is 58.4 Å². The quantitative estimate of drug-likeness (QED) is 0.823. The van der Waals surface area contributed by atoms with Crippen molar-refractivity contribution in [3.8, 4) is 0 Å². The molecule has 2 rings (SSSR count). The van der Waals surface area contributed by atoms with Gasteiger partial charge in [0.15, 0.2) is 0 Å². The lowest BCUT2D eigenvalue weighted by atomic mass is 10.1. The average molecular weight is 334 g/mol. The summed E-state index contributed by atoms with van der Waals surface area (Å²) in [5, 5.41) is 4.40. The molecule has 24 heavy (non-hydrogen) atoms. The van der Waals surface area contributed by atoms with E-state index in [-0.39, 0.29) is 17.9 Å². The van der Waals surface area contributed by atoms with E-state index in [1.807, 2.05) is 37.4 Å². The Bertz CT molecular complexity index is 621. The smallest absolute Gasteiger partial charge is 0.245 e. The van der Waals surface area contributed by atoms with Crippen molar-refractivity contribution in [1.82, 2.24) is 19.6 Å². The van der Waals surface area contributed by atoms with E-state index < -0.39 is 0 Å². The van der Waals surface area contributed by atoms with Crippen LogP contribution in [-0.2, 0) is 23.1 Å². The van der Waals surface area contributed by atoms with Gasteiger partial charge in [-0.3, -0.25) is 14.3 Å². The van der Waals surface area contributed by atoms with E-state index in [2.05, 4.69) is 18.9 Å². The zero-order chi connectivity index (χ0) is 18.0. The van der Waals surface area contributed by atoms with E-state index in [9.17, 15) is 9.59 Å². The summed E-state index contributed by atoms with van der Waals surface area (Å²) in [6, 6.07) is -0.360. The molecule has 6 nitrogen and oxygen atoms in total. The number of carbonyl (C=O) groups excluding carboxylic acids is 2. The van der Waals surface area contributed by atoms with Crippen LogP contribution in [0.15, 0.2) is 0 Å². The van der Waals surface area contributed by atoms with E-state index in [0.29, 0.717) is 31.8 Å². The van der Waals surface area contributed by atoms with Crippen molar-refractivity contribution in [3.63, 3.8) is 0 Å². The summed E-state index contributed by atoms with van der Waals surface area (Å²) < 4.78 is 1.85. The van der Waals surface area contributed by atoms with Gasteiger partial charge in [-0.25, -0.2) is 0 Å². The van der Waals surface area contributed by atoms with Crippen molar-refractivity contribution in [2.45, 2.75) is 53.5 Å². The maximum atomic E-state index is 12.6. The number of hydrogen-bond acceptors (Lipinski definition) is 3. The molecule has 1 saturated heterocycles. The van der Waals surface area contributed by atoms with Gasteiger partial charge in [0.1, 0.15) is 6.04 Å². The van der Waals surface area contributed by atoms with Crippen LogP contribution in [0.2, 0.25) is 0 Å². The molecular formula is C18H30N4O2. The molecule has 0 aliphatic carbocycles. The molecule has 1 unspecified atom stereocenters. The molecule has 0 bridgehead atoms.